The lowest BCUT2D eigenvalue weighted by Gasteiger charge is -2.23. The zero-order chi connectivity index (χ0) is 10.4. The fourth-order valence-corrected chi connectivity index (χ4v) is 2.29. The largest absolute Gasteiger partial charge is 0.399 e. The van der Waals surface area contributed by atoms with Gasteiger partial charge in [0, 0.05) is 24.0 Å². The van der Waals surface area contributed by atoms with Gasteiger partial charge in [0.05, 0.1) is 11.2 Å². The summed E-state index contributed by atoms with van der Waals surface area (Å²) in [6.07, 6.45) is 3.90. The minimum absolute atomic E-state index is 0.662. The highest BCUT2D eigenvalue weighted by Crippen LogP contribution is 2.39. The number of aromatic nitrogens is 2. The summed E-state index contributed by atoms with van der Waals surface area (Å²) in [4.78, 5) is 0. The van der Waals surface area contributed by atoms with Crippen LogP contribution >= 0.6 is 0 Å². The van der Waals surface area contributed by atoms with Gasteiger partial charge in [-0.15, -0.1) is 0 Å². The van der Waals surface area contributed by atoms with Crippen LogP contribution in [0.1, 0.15) is 30.9 Å². The molecule has 0 amide bonds. The molecule has 3 nitrogen and oxygen atoms in total. The molecule has 0 bridgehead atoms. The fourth-order valence-electron chi connectivity index (χ4n) is 2.29. The molecule has 1 aromatic heterocycles. The summed E-state index contributed by atoms with van der Waals surface area (Å²) in [7, 11) is 2.00. The standard InChI is InChI=1S/C12H15N3/c1-15-11-6-5-9(13)7-10(11)12(14-15)8-3-2-4-8/h5-8H,2-4,13H2,1H3. The Morgan fingerprint density at radius 3 is 2.87 bits per heavy atom. The maximum atomic E-state index is 5.82. The van der Waals surface area contributed by atoms with Crippen LogP contribution in [0.15, 0.2) is 18.2 Å². The van der Waals surface area contributed by atoms with Gasteiger partial charge in [0.1, 0.15) is 0 Å². The van der Waals surface area contributed by atoms with Gasteiger partial charge in [0.2, 0.25) is 0 Å². The summed E-state index contributed by atoms with van der Waals surface area (Å²) in [5, 5.41) is 5.85. The van der Waals surface area contributed by atoms with Crippen LogP contribution in [-0.4, -0.2) is 9.78 Å². The minimum atomic E-state index is 0.662. The van der Waals surface area contributed by atoms with Crippen molar-refractivity contribution >= 4 is 16.6 Å². The molecule has 0 saturated heterocycles. The molecular formula is C12H15N3. The Morgan fingerprint density at radius 1 is 1.40 bits per heavy atom. The molecule has 78 valence electrons. The number of hydrogen-bond acceptors (Lipinski definition) is 2. The van der Waals surface area contributed by atoms with Gasteiger partial charge in [0.25, 0.3) is 0 Å². The summed E-state index contributed by atoms with van der Waals surface area (Å²) in [6, 6.07) is 6.05. The van der Waals surface area contributed by atoms with Crippen LogP contribution in [0.3, 0.4) is 0 Å². The van der Waals surface area contributed by atoms with Crippen LogP contribution in [0, 0.1) is 0 Å². The minimum Gasteiger partial charge on any atom is -0.399 e. The summed E-state index contributed by atoms with van der Waals surface area (Å²) in [5.74, 6) is 0.662. The number of nitrogens with zero attached hydrogens (tertiary/aromatic N) is 2. The zero-order valence-electron chi connectivity index (χ0n) is 8.90. The Labute approximate surface area is 88.9 Å². The molecule has 3 rings (SSSR count). The summed E-state index contributed by atoms with van der Waals surface area (Å²) < 4.78 is 1.96. The van der Waals surface area contributed by atoms with Gasteiger partial charge in [0.15, 0.2) is 0 Å². The molecule has 1 aliphatic rings. The zero-order valence-corrected chi connectivity index (χ0v) is 8.90. The number of aryl methyl sites for hydroxylation is 1. The molecule has 0 spiro atoms. The maximum absolute atomic E-state index is 5.82. The van der Waals surface area contributed by atoms with E-state index in [1.54, 1.807) is 0 Å². The first-order valence-electron chi connectivity index (χ1n) is 5.48. The summed E-state index contributed by atoms with van der Waals surface area (Å²) in [6.45, 7) is 0. The van der Waals surface area contributed by atoms with Gasteiger partial charge in [-0.3, -0.25) is 4.68 Å². The highest BCUT2D eigenvalue weighted by molar-refractivity contribution is 5.85. The van der Waals surface area contributed by atoms with E-state index in [0.29, 0.717) is 5.92 Å². The van der Waals surface area contributed by atoms with Crippen LogP contribution in [0.2, 0.25) is 0 Å². The van der Waals surface area contributed by atoms with E-state index in [1.165, 1.54) is 35.9 Å². The Bertz CT molecular complexity index is 509. The monoisotopic (exact) mass is 201 g/mol. The molecule has 3 heteroatoms. The predicted octanol–water partition coefficient (Wildman–Crippen LogP) is 2.42. The van der Waals surface area contributed by atoms with Crippen molar-refractivity contribution in [2.75, 3.05) is 5.73 Å². The smallest absolute Gasteiger partial charge is 0.0734 e. The maximum Gasteiger partial charge on any atom is 0.0734 e. The lowest BCUT2D eigenvalue weighted by molar-refractivity contribution is 0.410. The highest BCUT2D eigenvalue weighted by Gasteiger charge is 2.24. The molecular weight excluding hydrogens is 186 g/mol. The van der Waals surface area contributed by atoms with Gasteiger partial charge in [-0.05, 0) is 31.0 Å². The quantitative estimate of drug-likeness (QED) is 0.720. The molecule has 15 heavy (non-hydrogen) atoms. The Balaban J connectivity index is 2.24. The van der Waals surface area contributed by atoms with E-state index in [0.717, 1.165) is 5.69 Å². The second-order valence-electron chi connectivity index (χ2n) is 4.41. The first kappa shape index (κ1) is 8.77. The number of hydrogen-bond donors (Lipinski definition) is 1. The van der Waals surface area contributed by atoms with Crippen LogP contribution in [0.5, 0.6) is 0 Å². The second kappa shape index (κ2) is 2.99. The number of fused-ring (bicyclic) bond motifs is 1. The molecule has 1 aliphatic carbocycles. The molecule has 1 fully saturated rings. The van der Waals surface area contributed by atoms with E-state index in [-0.39, 0.29) is 0 Å². The van der Waals surface area contributed by atoms with E-state index in [4.69, 9.17) is 5.73 Å². The number of benzene rings is 1. The number of anilines is 1. The van der Waals surface area contributed by atoms with Crippen molar-refractivity contribution in [3.8, 4) is 0 Å². The topological polar surface area (TPSA) is 43.8 Å². The van der Waals surface area contributed by atoms with Gasteiger partial charge >= 0.3 is 0 Å². The SMILES string of the molecule is Cn1nc(C2CCC2)c2cc(N)ccc21. The molecule has 1 aromatic carbocycles. The first-order chi connectivity index (χ1) is 7.25. The molecule has 0 unspecified atom stereocenters. The number of nitrogens with two attached hydrogens (primary N) is 1. The van der Waals surface area contributed by atoms with Crippen molar-refractivity contribution in [2.45, 2.75) is 25.2 Å². The van der Waals surface area contributed by atoms with E-state index in [2.05, 4.69) is 17.2 Å². The van der Waals surface area contributed by atoms with Gasteiger partial charge in [-0.1, -0.05) is 6.42 Å². The highest BCUT2D eigenvalue weighted by atomic mass is 15.3. The van der Waals surface area contributed by atoms with E-state index >= 15 is 0 Å². The Morgan fingerprint density at radius 2 is 2.20 bits per heavy atom. The summed E-state index contributed by atoms with van der Waals surface area (Å²) in [5.41, 5.74) is 9.08. The lowest BCUT2D eigenvalue weighted by atomic mass is 9.82. The molecule has 2 N–H and O–H groups in total. The van der Waals surface area contributed by atoms with E-state index in [1.807, 2.05) is 17.8 Å². The van der Waals surface area contributed by atoms with Crippen molar-refractivity contribution in [1.82, 2.24) is 9.78 Å². The first-order valence-corrected chi connectivity index (χ1v) is 5.48. The van der Waals surface area contributed by atoms with Crippen LogP contribution in [0.4, 0.5) is 5.69 Å². The Hall–Kier alpha value is -1.51. The van der Waals surface area contributed by atoms with Crippen molar-refractivity contribution in [3.63, 3.8) is 0 Å². The van der Waals surface area contributed by atoms with Crippen molar-refractivity contribution in [2.24, 2.45) is 7.05 Å². The third-order valence-electron chi connectivity index (χ3n) is 3.39. The van der Waals surface area contributed by atoms with Crippen molar-refractivity contribution in [3.05, 3.63) is 23.9 Å². The number of rotatable bonds is 1. The average molecular weight is 201 g/mol. The fraction of sp³-hybridized carbons (Fsp3) is 0.417. The molecule has 1 heterocycles. The molecule has 1 saturated carbocycles. The predicted molar refractivity (Wildman–Crippen MR) is 61.7 cm³/mol. The average Bonchev–Trinajstić information content (AvgIpc) is 2.41. The molecule has 0 aliphatic heterocycles. The van der Waals surface area contributed by atoms with E-state index in [9.17, 15) is 0 Å². The van der Waals surface area contributed by atoms with E-state index < -0.39 is 0 Å². The Kier molecular flexibility index (Phi) is 1.75. The molecule has 0 radical (unpaired) electrons. The second-order valence-corrected chi connectivity index (χ2v) is 4.41. The van der Waals surface area contributed by atoms with Crippen molar-refractivity contribution < 1.29 is 0 Å². The molecule has 0 atom stereocenters. The van der Waals surface area contributed by atoms with Gasteiger partial charge in [-0.25, -0.2) is 0 Å². The molecule has 2 aromatic rings. The third kappa shape index (κ3) is 1.23. The van der Waals surface area contributed by atoms with Crippen molar-refractivity contribution in [1.29, 1.82) is 0 Å². The van der Waals surface area contributed by atoms with Crippen LogP contribution in [-0.2, 0) is 7.05 Å². The summed E-state index contributed by atoms with van der Waals surface area (Å²) >= 11 is 0. The lowest BCUT2D eigenvalue weighted by Crippen LogP contribution is -2.10. The van der Waals surface area contributed by atoms with Crippen LogP contribution < -0.4 is 5.73 Å². The number of nitrogen functional groups attached to an aromatic ring is 1. The van der Waals surface area contributed by atoms with Gasteiger partial charge < -0.3 is 5.73 Å². The normalized spacial score (nSPS) is 16.9. The van der Waals surface area contributed by atoms with Crippen LogP contribution in [0.25, 0.3) is 10.9 Å². The van der Waals surface area contributed by atoms with Gasteiger partial charge in [-0.2, -0.15) is 5.10 Å². The third-order valence-corrected chi connectivity index (χ3v) is 3.39.